The SMILES string of the molecule is Cc1cn2c(=O)cc(CNC(C)c3ccc4c(c3)CCC4)nc2s1. The van der Waals surface area contributed by atoms with Crippen molar-refractivity contribution in [3.63, 3.8) is 0 Å². The summed E-state index contributed by atoms with van der Waals surface area (Å²) in [4.78, 5) is 18.6. The molecule has 1 aromatic carbocycles. The van der Waals surface area contributed by atoms with E-state index in [0.717, 1.165) is 15.5 Å². The molecule has 1 atom stereocenters. The fraction of sp³-hybridized carbons (Fsp3) is 0.368. The first kappa shape index (κ1) is 15.5. The smallest absolute Gasteiger partial charge is 0.258 e. The molecule has 0 aliphatic heterocycles. The number of nitrogens with zero attached hydrogens (tertiary/aromatic N) is 2. The molecular formula is C19H21N3OS. The van der Waals surface area contributed by atoms with Gasteiger partial charge in [-0.3, -0.25) is 9.20 Å². The predicted octanol–water partition coefficient (Wildman–Crippen LogP) is 3.40. The van der Waals surface area contributed by atoms with Crippen molar-refractivity contribution in [2.45, 2.75) is 45.7 Å². The molecule has 0 bridgehead atoms. The Morgan fingerprint density at radius 1 is 1.29 bits per heavy atom. The predicted molar refractivity (Wildman–Crippen MR) is 97.8 cm³/mol. The fourth-order valence-corrected chi connectivity index (χ4v) is 4.24. The van der Waals surface area contributed by atoms with E-state index >= 15 is 0 Å². The largest absolute Gasteiger partial charge is 0.305 e. The Hall–Kier alpha value is -1.98. The van der Waals surface area contributed by atoms with Crippen molar-refractivity contribution in [2.75, 3.05) is 0 Å². The van der Waals surface area contributed by atoms with Gasteiger partial charge in [0.1, 0.15) is 0 Å². The van der Waals surface area contributed by atoms with Crippen molar-refractivity contribution in [3.8, 4) is 0 Å². The maximum absolute atomic E-state index is 12.2. The van der Waals surface area contributed by atoms with Gasteiger partial charge in [-0.1, -0.05) is 18.2 Å². The Morgan fingerprint density at radius 2 is 2.12 bits per heavy atom. The first-order valence-electron chi connectivity index (χ1n) is 8.44. The molecule has 0 saturated heterocycles. The van der Waals surface area contributed by atoms with Crippen LogP contribution < -0.4 is 10.9 Å². The number of nitrogens with one attached hydrogen (secondary N) is 1. The van der Waals surface area contributed by atoms with Gasteiger partial charge in [-0.05, 0) is 49.8 Å². The summed E-state index contributed by atoms with van der Waals surface area (Å²) in [6.07, 6.45) is 5.53. The van der Waals surface area contributed by atoms with Crippen molar-refractivity contribution in [3.05, 3.63) is 68.1 Å². The molecule has 1 aliphatic rings. The van der Waals surface area contributed by atoms with Crippen molar-refractivity contribution >= 4 is 16.3 Å². The third kappa shape index (κ3) is 2.89. The Labute approximate surface area is 145 Å². The van der Waals surface area contributed by atoms with Gasteiger partial charge in [-0.2, -0.15) is 0 Å². The van der Waals surface area contributed by atoms with Crippen molar-refractivity contribution in [2.24, 2.45) is 0 Å². The summed E-state index contributed by atoms with van der Waals surface area (Å²) in [7, 11) is 0. The lowest BCUT2D eigenvalue weighted by Gasteiger charge is -2.15. The maximum atomic E-state index is 12.2. The van der Waals surface area contributed by atoms with Gasteiger partial charge in [0.05, 0.1) is 5.69 Å². The zero-order valence-electron chi connectivity index (χ0n) is 14.0. The molecule has 124 valence electrons. The molecule has 3 aromatic rings. The summed E-state index contributed by atoms with van der Waals surface area (Å²) in [5, 5.41) is 3.50. The monoisotopic (exact) mass is 339 g/mol. The number of thiazole rings is 1. The average molecular weight is 339 g/mol. The normalized spacial score (nSPS) is 14.9. The Balaban J connectivity index is 1.51. The summed E-state index contributed by atoms with van der Waals surface area (Å²) < 4.78 is 1.62. The van der Waals surface area contributed by atoms with E-state index < -0.39 is 0 Å². The van der Waals surface area contributed by atoms with Crippen LogP contribution in [0.4, 0.5) is 0 Å². The topological polar surface area (TPSA) is 46.4 Å². The average Bonchev–Trinajstić information content (AvgIpc) is 3.17. The molecule has 0 fully saturated rings. The Kier molecular flexibility index (Phi) is 3.98. The molecule has 0 saturated carbocycles. The molecule has 0 radical (unpaired) electrons. The van der Waals surface area contributed by atoms with Gasteiger partial charge in [-0.15, -0.1) is 11.3 Å². The van der Waals surface area contributed by atoms with Crippen LogP contribution in [0.15, 0.2) is 35.3 Å². The minimum atomic E-state index is -0.00802. The molecule has 2 heterocycles. The molecule has 5 heteroatoms. The number of hydrogen-bond acceptors (Lipinski definition) is 4. The first-order chi connectivity index (χ1) is 11.6. The minimum Gasteiger partial charge on any atom is -0.305 e. The van der Waals surface area contributed by atoms with Crippen LogP contribution in [-0.4, -0.2) is 9.38 Å². The van der Waals surface area contributed by atoms with Gasteiger partial charge < -0.3 is 5.32 Å². The highest BCUT2D eigenvalue weighted by molar-refractivity contribution is 7.16. The number of rotatable bonds is 4. The molecule has 1 aliphatic carbocycles. The lowest BCUT2D eigenvalue weighted by atomic mass is 10.0. The number of hydrogen-bond donors (Lipinski definition) is 1. The molecule has 0 spiro atoms. The lowest BCUT2D eigenvalue weighted by Crippen LogP contribution is -2.21. The van der Waals surface area contributed by atoms with Crippen LogP contribution in [-0.2, 0) is 19.4 Å². The lowest BCUT2D eigenvalue weighted by molar-refractivity contribution is 0.567. The van der Waals surface area contributed by atoms with E-state index in [1.807, 2.05) is 13.1 Å². The Bertz CT molecular complexity index is 957. The number of aromatic nitrogens is 2. The number of aryl methyl sites for hydroxylation is 3. The van der Waals surface area contributed by atoms with Crippen LogP contribution in [0.25, 0.3) is 4.96 Å². The quantitative estimate of drug-likeness (QED) is 0.792. The maximum Gasteiger partial charge on any atom is 0.258 e. The molecule has 4 rings (SSSR count). The third-order valence-electron chi connectivity index (χ3n) is 4.75. The Morgan fingerprint density at radius 3 is 3.00 bits per heavy atom. The molecule has 1 unspecified atom stereocenters. The van der Waals surface area contributed by atoms with Crippen molar-refractivity contribution < 1.29 is 0 Å². The van der Waals surface area contributed by atoms with E-state index in [2.05, 4.69) is 35.4 Å². The highest BCUT2D eigenvalue weighted by atomic mass is 32.1. The van der Waals surface area contributed by atoms with Crippen LogP contribution in [0.1, 0.15) is 46.6 Å². The molecule has 2 aromatic heterocycles. The third-order valence-corrected chi connectivity index (χ3v) is 5.65. The standard InChI is InChI=1S/C19H21N3OS/c1-12-11-22-18(23)9-17(21-19(22)24-12)10-20-13(2)15-7-6-14-4-3-5-16(14)8-15/h6-9,11,13,20H,3-5,10H2,1-2H3. The molecule has 0 amide bonds. The van der Waals surface area contributed by atoms with E-state index in [0.29, 0.717) is 6.54 Å². The van der Waals surface area contributed by atoms with E-state index in [1.165, 1.54) is 36.0 Å². The number of benzene rings is 1. The van der Waals surface area contributed by atoms with Gasteiger partial charge in [0, 0.05) is 29.7 Å². The summed E-state index contributed by atoms with van der Waals surface area (Å²) >= 11 is 1.55. The molecule has 24 heavy (non-hydrogen) atoms. The second-order valence-corrected chi connectivity index (χ2v) is 7.78. The van der Waals surface area contributed by atoms with Gasteiger partial charge in [0.2, 0.25) is 0 Å². The van der Waals surface area contributed by atoms with Crippen LogP contribution in [0.3, 0.4) is 0 Å². The van der Waals surface area contributed by atoms with Gasteiger partial charge >= 0.3 is 0 Å². The van der Waals surface area contributed by atoms with E-state index in [-0.39, 0.29) is 11.6 Å². The van der Waals surface area contributed by atoms with Gasteiger partial charge in [0.15, 0.2) is 4.96 Å². The zero-order chi connectivity index (χ0) is 16.7. The molecule has 1 N–H and O–H groups in total. The summed E-state index contributed by atoms with van der Waals surface area (Å²) in [5.41, 5.74) is 5.09. The summed E-state index contributed by atoms with van der Waals surface area (Å²) in [6.45, 7) is 4.75. The molecule has 4 nitrogen and oxygen atoms in total. The van der Waals surface area contributed by atoms with Crippen LogP contribution in [0, 0.1) is 6.92 Å². The van der Waals surface area contributed by atoms with Crippen molar-refractivity contribution in [1.82, 2.24) is 14.7 Å². The van der Waals surface area contributed by atoms with E-state index in [4.69, 9.17) is 0 Å². The first-order valence-corrected chi connectivity index (χ1v) is 9.25. The van der Waals surface area contributed by atoms with Crippen LogP contribution in [0.5, 0.6) is 0 Å². The van der Waals surface area contributed by atoms with Crippen LogP contribution in [0.2, 0.25) is 0 Å². The fourth-order valence-electron chi connectivity index (χ4n) is 3.39. The second kappa shape index (κ2) is 6.15. The summed E-state index contributed by atoms with van der Waals surface area (Å²) in [6, 6.07) is 8.67. The van der Waals surface area contributed by atoms with E-state index in [1.54, 1.807) is 21.8 Å². The summed E-state index contributed by atoms with van der Waals surface area (Å²) in [5.74, 6) is 0. The number of fused-ring (bicyclic) bond motifs is 2. The van der Waals surface area contributed by atoms with Gasteiger partial charge in [-0.25, -0.2) is 4.98 Å². The van der Waals surface area contributed by atoms with Gasteiger partial charge in [0.25, 0.3) is 5.56 Å². The van der Waals surface area contributed by atoms with Crippen molar-refractivity contribution in [1.29, 1.82) is 0 Å². The second-order valence-electron chi connectivity index (χ2n) is 6.56. The van der Waals surface area contributed by atoms with Crippen LogP contribution >= 0.6 is 11.3 Å². The minimum absolute atomic E-state index is 0.00802. The molecular weight excluding hydrogens is 318 g/mol. The van der Waals surface area contributed by atoms with E-state index in [9.17, 15) is 4.79 Å². The highest BCUT2D eigenvalue weighted by Gasteiger charge is 2.14. The highest BCUT2D eigenvalue weighted by Crippen LogP contribution is 2.25. The zero-order valence-corrected chi connectivity index (χ0v) is 14.8.